The first-order chi connectivity index (χ1) is 4.83. The molecule has 1 N–H and O–H groups in total. The van der Waals surface area contributed by atoms with Gasteiger partial charge in [0.15, 0.2) is 6.23 Å². The average Bonchev–Trinajstić information content (AvgIpc) is 2.40. The maximum atomic E-state index is 10.6. The zero-order chi connectivity index (χ0) is 7.40. The van der Waals surface area contributed by atoms with Crippen molar-refractivity contribution in [1.82, 2.24) is 10.6 Å². The largest absolute Gasteiger partial charge is 0.429 e. The Labute approximate surface area is 59.9 Å². The van der Waals surface area contributed by atoms with Gasteiger partial charge < -0.3 is 10.1 Å². The predicted octanol–water partition coefficient (Wildman–Crippen LogP) is 0.0667. The number of carbonyl (C=O) groups is 1. The summed E-state index contributed by atoms with van der Waals surface area (Å²) in [6, 6.07) is 0. The minimum absolute atomic E-state index is 0.194. The lowest BCUT2D eigenvalue weighted by molar-refractivity contribution is 0.0896. The molecule has 0 spiro atoms. The van der Waals surface area contributed by atoms with Gasteiger partial charge in [-0.05, 0) is 6.42 Å². The maximum absolute atomic E-state index is 10.6. The summed E-state index contributed by atoms with van der Waals surface area (Å²) in [5.41, 5.74) is 0. The first-order valence-corrected chi connectivity index (χ1v) is 3.38. The Balaban J connectivity index is 2.17. The molecule has 1 aliphatic rings. The molecule has 1 saturated heterocycles. The Morgan fingerprint density at radius 2 is 2.60 bits per heavy atom. The van der Waals surface area contributed by atoms with E-state index in [1.54, 1.807) is 0 Å². The van der Waals surface area contributed by atoms with Gasteiger partial charge in [0, 0.05) is 20.0 Å². The molecule has 1 rings (SSSR count). The molecular weight excluding hydrogens is 132 g/mol. The second-order valence-corrected chi connectivity index (χ2v) is 2.16. The molecule has 0 aromatic heterocycles. The number of hydrogen-bond acceptors (Lipinski definition) is 2. The molecular formula is C6H11N2O2. The third-order valence-corrected chi connectivity index (χ3v) is 1.39. The van der Waals surface area contributed by atoms with Crippen LogP contribution in [0.15, 0.2) is 0 Å². The first-order valence-electron chi connectivity index (χ1n) is 3.38. The number of ether oxygens (including phenoxy) is 1. The van der Waals surface area contributed by atoms with E-state index in [0.717, 1.165) is 19.4 Å². The van der Waals surface area contributed by atoms with Crippen molar-refractivity contribution in [3.05, 3.63) is 0 Å². The van der Waals surface area contributed by atoms with Crippen LogP contribution in [0.2, 0.25) is 0 Å². The Bertz CT molecular complexity index is 121. The van der Waals surface area contributed by atoms with Crippen LogP contribution in [0.5, 0.6) is 0 Å². The van der Waals surface area contributed by atoms with Gasteiger partial charge in [0.2, 0.25) is 0 Å². The summed E-state index contributed by atoms with van der Waals surface area (Å²) in [4.78, 5) is 10.6. The number of rotatable bonds is 1. The van der Waals surface area contributed by atoms with Crippen LogP contribution in [0.25, 0.3) is 0 Å². The highest BCUT2D eigenvalue weighted by Gasteiger charge is 2.18. The minimum Gasteiger partial charge on any atom is -0.429 e. The number of hydrogen-bond donors (Lipinski definition) is 1. The molecule has 0 aromatic carbocycles. The molecule has 1 radical (unpaired) electrons. The third kappa shape index (κ3) is 1.88. The van der Waals surface area contributed by atoms with Gasteiger partial charge >= 0.3 is 6.09 Å². The van der Waals surface area contributed by atoms with Crippen LogP contribution in [0.4, 0.5) is 4.79 Å². The Morgan fingerprint density at radius 1 is 1.80 bits per heavy atom. The van der Waals surface area contributed by atoms with Crippen molar-refractivity contribution in [3.8, 4) is 0 Å². The zero-order valence-corrected chi connectivity index (χ0v) is 5.96. The molecule has 1 atom stereocenters. The lowest BCUT2D eigenvalue weighted by atomic mass is 10.4. The van der Waals surface area contributed by atoms with Crippen molar-refractivity contribution in [3.63, 3.8) is 0 Å². The van der Waals surface area contributed by atoms with E-state index in [1.807, 2.05) is 0 Å². The molecule has 1 heterocycles. The molecule has 4 heteroatoms. The van der Waals surface area contributed by atoms with Crippen molar-refractivity contribution >= 4 is 6.09 Å². The fraction of sp³-hybridized carbons (Fsp3) is 0.833. The molecule has 1 fully saturated rings. The summed E-state index contributed by atoms with van der Waals surface area (Å²) >= 11 is 0. The summed E-state index contributed by atoms with van der Waals surface area (Å²) in [5, 5.41) is 6.41. The van der Waals surface area contributed by atoms with E-state index in [1.165, 1.54) is 7.05 Å². The summed E-state index contributed by atoms with van der Waals surface area (Å²) in [6.07, 6.45) is 1.31. The van der Waals surface area contributed by atoms with Gasteiger partial charge in [0.05, 0.1) is 0 Å². The van der Waals surface area contributed by atoms with Gasteiger partial charge in [-0.3, -0.25) is 0 Å². The molecule has 0 aliphatic carbocycles. The van der Waals surface area contributed by atoms with Crippen molar-refractivity contribution < 1.29 is 9.53 Å². The van der Waals surface area contributed by atoms with Crippen molar-refractivity contribution in [2.24, 2.45) is 0 Å². The van der Waals surface area contributed by atoms with Crippen molar-refractivity contribution in [2.75, 3.05) is 13.6 Å². The van der Waals surface area contributed by atoms with Crippen LogP contribution < -0.4 is 10.6 Å². The molecule has 57 valence electrons. The molecule has 1 unspecified atom stereocenters. The standard InChI is InChI=1S/C6H11N2O2/c1-7-6(9)10-5-3-2-4-8-5/h5H,2-4H2,1H3,(H,7,9). The molecule has 0 aromatic rings. The van der Waals surface area contributed by atoms with Crippen LogP contribution >= 0.6 is 0 Å². The van der Waals surface area contributed by atoms with E-state index in [0.29, 0.717) is 0 Å². The van der Waals surface area contributed by atoms with Crippen LogP contribution in [0, 0.1) is 0 Å². The quantitative estimate of drug-likeness (QED) is 0.564. The van der Waals surface area contributed by atoms with E-state index < -0.39 is 6.09 Å². The number of nitrogens with zero attached hydrogens (tertiary/aromatic N) is 1. The topological polar surface area (TPSA) is 52.4 Å². The van der Waals surface area contributed by atoms with E-state index in [-0.39, 0.29) is 6.23 Å². The predicted molar refractivity (Wildman–Crippen MR) is 35.6 cm³/mol. The van der Waals surface area contributed by atoms with E-state index in [2.05, 4.69) is 10.6 Å². The summed E-state index contributed by atoms with van der Waals surface area (Å²) < 4.78 is 4.84. The number of nitrogens with one attached hydrogen (secondary N) is 1. The molecule has 10 heavy (non-hydrogen) atoms. The fourth-order valence-electron chi connectivity index (χ4n) is 0.871. The number of carbonyl (C=O) groups excluding carboxylic acids is 1. The van der Waals surface area contributed by atoms with E-state index >= 15 is 0 Å². The lowest BCUT2D eigenvalue weighted by Gasteiger charge is -2.08. The average molecular weight is 143 g/mol. The van der Waals surface area contributed by atoms with Crippen molar-refractivity contribution in [1.29, 1.82) is 0 Å². The molecule has 4 nitrogen and oxygen atoms in total. The lowest BCUT2D eigenvalue weighted by Crippen LogP contribution is -2.28. The maximum Gasteiger partial charge on any atom is 0.408 e. The summed E-state index contributed by atoms with van der Waals surface area (Å²) in [6.45, 7) is 0.821. The van der Waals surface area contributed by atoms with Gasteiger partial charge in [0.25, 0.3) is 0 Å². The normalized spacial score (nSPS) is 24.3. The smallest absolute Gasteiger partial charge is 0.408 e. The highest BCUT2D eigenvalue weighted by Crippen LogP contribution is 2.07. The monoisotopic (exact) mass is 143 g/mol. The Kier molecular flexibility index (Phi) is 2.50. The van der Waals surface area contributed by atoms with Gasteiger partial charge in [0.1, 0.15) is 0 Å². The van der Waals surface area contributed by atoms with Crippen LogP contribution in [0.1, 0.15) is 12.8 Å². The second-order valence-electron chi connectivity index (χ2n) is 2.16. The molecule has 0 bridgehead atoms. The van der Waals surface area contributed by atoms with Crippen LogP contribution in [0.3, 0.4) is 0 Å². The van der Waals surface area contributed by atoms with E-state index in [4.69, 9.17) is 4.74 Å². The van der Waals surface area contributed by atoms with E-state index in [9.17, 15) is 4.79 Å². The van der Waals surface area contributed by atoms with Gasteiger partial charge in [-0.15, -0.1) is 0 Å². The fourth-order valence-corrected chi connectivity index (χ4v) is 0.871. The van der Waals surface area contributed by atoms with Gasteiger partial charge in [-0.25, -0.2) is 10.1 Å². The molecule has 1 amide bonds. The van der Waals surface area contributed by atoms with Gasteiger partial charge in [-0.1, -0.05) is 0 Å². The minimum atomic E-state index is -0.393. The Morgan fingerprint density at radius 3 is 3.10 bits per heavy atom. The summed E-state index contributed by atoms with van der Waals surface area (Å²) in [7, 11) is 1.54. The Hall–Kier alpha value is -0.770. The molecule has 0 saturated carbocycles. The molecule has 1 aliphatic heterocycles. The van der Waals surface area contributed by atoms with Crippen LogP contribution in [-0.4, -0.2) is 25.9 Å². The number of amides is 1. The first kappa shape index (κ1) is 7.34. The highest BCUT2D eigenvalue weighted by atomic mass is 16.6. The second kappa shape index (κ2) is 3.41. The third-order valence-electron chi connectivity index (χ3n) is 1.39. The highest BCUT2D eigenvalue weighted by molar-refractivity contribution is 5.66. The SMILES string of the molecule is CNC(=O)OC1CCC[N]1. The van der Waals surface area contributed by atoms with Crippen molar-refractivity contribution in [2.45, 2.75) is 19.1 Å². The summed E-state index contributed by atoms with van der Waals surface area (Å²) in [5.74, 6) is 0. The van der Waals surface area contributed by atoms with Crippen LogP contribution in [-0.2, 0) is 4.74 Å². The zero-order valence-electron chi connectivity index (χ0n) is 5.96. The van der Waals surface area contributed by atoms with Gasteiger partial charge in [-0.2, -0.15) is 0 Å². The number of alkyl carbamates (subject to hydrolysis) is 1.